The van der Waals surface area contributed by atoms with Crippen molar-refractivity contribution < 1.29 is 13.8 Å². The van der Waals surface area contributed by atoms with E-state index in [1.54, 1.807) is 0 Å². The summed E-state index contributed by atoms with van der Waals surface area (Å²) in [6, 6.07) is 0. The van der Waals surface area contributed by atoms with Gasteiger partial charge in [0, 0.05) is 20.2 Å². The minimum absolute atomic E-state index is 0.666. The van der Waals surface area contributed by atoms with Crippen molar-refractivity contribution in [1.82, 2.24) is 4.67 Å². The first-order chi connectivity index (χ1) is 4.84. The number of hydrogen-bond donors (Lipinski definition) is 0. The van der Waals surface area contributed by atoms with Gasteiger partial charge in [-0.25, -0.2) is 4.67 Å². The molecule has 0 aromatic rings. The van der Waals surface area contributed by atoms with Crippen molar-refractivity contribution >= 4 is 8.18 Å². The van der Waals surface area contributed by atoms with Gasteiger partial charge in [0.2, 0.25) is 0 Å². The van der Waals surface area contributed by atoms with Crippen LogP contribution in [-0.4, -0.2) is 38.1 Å². The maximum atomic E-state index is 11.0. The van der Waals surface area contributed by atoms with Gasteiger partial charge in [0.25, 0.3) is 8.18 Å². The number of rotatable bonds is 2. The van der Waals surface area contributed by atoms with Crippen LogP contribution in [0.4, 0.5) is 0 Å². The van der Waals surface area contributed by atoms with Gasteiger partial charge in [-0.05, 0) is 0 Å². The zero-order valence-electron chi connectivity index (χ0n) is 6.00. The second kappa shape index (κ2) is 4.09. The lowest BCUT2D eigenvalue weighted by atomic mass is 10.5. The zero-order chi connectivity index (χ0) is 7.40. The topological polar surface area (TPSA) is 38.8 Å². The van der Waals surface area contributed by atoms with E-state index in [4.69, 9.17) is 9.26 Å². The third-order valence-corrected chi connectivity index (χ3v) is 2.76. The Labute approximate surface area is 61.0 Å². The molecule has 1 saturated heterocycles. The Morgan fingerprint density at radius 1 is 1.50 bits per heavy atom. The molecular formula is C5H12NO3P. The molecule has 1 unspecified atom stereocenters. The van der Waals surface area contributed by atoms with Crippen LogP contribution in [-0.2, 0) is 13.8 Å². The van der Waals surface area contributed by atoms with E-state index in [-0.39, 0.29) is 0 Å². The molecule has 0 radical (unpaired) electrons. The summed E-state index contributed by atoms with van der Waals surface area (Å²) in [6.45, 7) is 2.79. The van der Waals surface area contributed by atoms with Crippen molar-refractivity contribution in [3.63, 3.8) is 0 Å². The van der Waals surface area contributed by atoms with Crippen LogP contribution in [0.15, 0.2) is 0 Å². The average molecular weight is 165 g/mol. The fourth-order valence-corrected chi connectivity index (χ4v) is 1.68. The molecule has 0 saturated carbocycles. The monoisotopic (exact) mass is 165 g/mol. The first kappa shape index (κ1) is 8.21. The van der Waals surface area contributed by atoms with Crippen molar-refractivity contribution in [1.29, 1.82) is 0 Å². The third-order valence-electron chi connectivity index (χ3n) is 1.44. The number of hydrogen-bond acceptors (Lipinski definition) is 3. The van der Waals surface area contributed by atoms with Crippen LogP contribution >= 0.6 is 8.18 Å². The Morgan fingerprint density at radius 3 is 2.60 bits per heavy atom. The van der Waals surface area contributed by atoms with Crippen molar-refractivity contribution in [2.45, 2.75) is 0 Å². The second-order valence-electron chi connectivity index (χ2n) is 2.07. The Morgan fingerprint density at radius 2 is 2.10 bits per heavy atom. The molecule has 10 heavy (non-hydrogen) atoms. The fourth-order valence-electron chi connectivity index (χ4n) is 0.875. The second-order valence-corrected chi connectivity index (χ2v) is 3.64. The highest BCUT2D eigenvalue weighted by Gasteiger charge is 2.14. The van der Waals surface area contributed by atoms with Crippen LogP contribution in [0.1, 0.15) is 0 Å². The summed E-state index contributed by atoms with van der Waals surface area (Å²) >= 11 is 0. The van der Waals surface area contributed by atoms with Crippen molar-refractivity contribution in [2.24, 2.45) is 0 Å². The highest BCUT2D eigenvalue weighted by molar-refractivity contribution is 7.36. The maximum Gasteiger partial charge on any atom is 0.260 e. The maximum absolute atomic E-state index is 11.0. The predicted molar refractivity (Wildman–Crippen MR) is 38.4 cm³/mol. The quantitative estimate of drug-likeness (QED) is 0.553. The number of nitrogens with zero attached hydrogens (tertiary/aromatic N) is 1. The molecule has 5 heteroatoms. The molecule has 0 bridgehead atoms. The summed E-state index contributed by atoms with van der Waals surface area (Å²) in [5.41, 5.74) is 0. The lowest BCUT2D eigenvalue weighted by molar-refractivity contribution is 0.0690. The lowest BCUT2D eigenvalue weighted by Crippen LogP contribution is -2.31. The molecule has 1 heterocycles. The molecule has 1 aliphatic heterocycles. The van der Waals surface area contributed by atoms with E-state index in [1.165, 1.54) is 7.11 Å². The lowest BCUT2D eigenvalue weighted by Gasteiger charge is -2.24. The van der Waals surface area contributed by atoms with Gasteiger partial charge in [-0.1, -0.05) is 0 Å². The molecule has 1 aliphatic rings. The van der Waals surface area contributed by atoms with Crippen LogP contribution < -0.4 is 0 Å². The molecule has 0 aromatic carbocycles. The largest absolute Gasteiger partial charge is 0.379 e. The SMILES string of the molecule is CO[PH](=O)N1CCOCC1. The minimum Gasteiger partial charge on any atom is -0.379 e. The molecule has 0 N–H and O–H groups in total. The first-order valence-electron chi connectivity index (χ1n) is 3.25. The van der Waals surface area contributed by atoms with E-state index in [0.29, 0.717) is 13.2 Å². The van der Waals surface area contributed by atoms with Gasteiger partial charge in [0.05, 0.1) is 13.2 Å². The molecule has 1 atom stereocenters. The minimum atomic E-state index is -1.93. The normalized spacial score (nSPS) is 24.5. The van der Waals surface area contributed by atoms with Gasteiger partial charge in [0.1, 0.15) is 0 Å². The molecule has 4 nitrogen and oxygen atoms in total. The molecule has 0 amide bonds. The molecule has 60 valence electrons. The highest BCUT2D eigenvalue weighted by Crippen LogP contribution is 2.27. The summed E-state index contributed by atoms with van der Waals surface area (Å²) in [6.07, 6.45) is 0. The van der Waals surface area contributed by atoms with Crippen LogP contribution in [0.2, 0.25) is 0 Å². The molecule has 0 spiro atoms. The summed E-state index contributed by atoms with van der Waals surface area (Å²) in [4.78, 5) is 0. The Kier molecular flexibility index (Phi) is 3.35. The Balaban J connectivity index is 2.31. The summed E-state index contributed by atoms with van der Waals surface area (Å²) in [7, 11) is -0.457. The number of ether oxygens (including phenoxy) is 1. The predicted octanol–water partition coefficient (Wildman–Crippen LogP) is 0.355. The van der Waals surface area contributed by atoms with Gasteiger partial charge >= 0.3 is 0 Å². The van der Waals surface area contributed by atoms with E-state index in [1.807, 2.05) is 4.67 Å². The van der Waals surface area contributed by atoms with E-state index in [9.17, 15) is 4.57 Å². The highest BCUT2D eigenvalue weighted by atomic mass is 31.1. The van der Waals surface area contributed by atoms with Crippen LogP contribution in [0.3, 0.4) is 0 Å². The van der Waals surface area contributed by atoms with E-state index in [2.05, 4.69) is 0 Å². The van der Waals surface area contributed by atoms with Gasteiger partial charge in [-0.3, -0.25) is 4.57 Å². The smallest absolute Gasteiger partial charge is 0.260 e. The molecule has 0 aromatic heterocycles. The van der Waals surface area contributed by atoms with Crippen LogP contribution in [0.5, 0.6) is 0 Å². The Hall–Kier alpha value is 0.110. The first-order valence-corrected chi connectivity index (χ1v) is 4.51. The van der Waals surface area contributed by atoms with Crippen molar-refractivity contribution in [3.8, 4) is 0 Å². The van der Waals surface area contributed by atoms with E-state index < -0.39 is 8.18 Å². The molecule has 0 aliphatic carbocycles. The van der Waals surface area contributed by atoms with Gasteiger partial charge in [-0.15, -0.1) is 0 Å². The average Bonchev–Trinajstić information content (AvgIpc) is 2.05. The third kappa shape index (κ3) is 2.06. The zero-order valence-corrected chi connectivity index (χ0v) is 7.00. The van der Waals surface area contributed by atoms with E-state index >= 15 is 0 Å². The Bertz CT molecular complexity index is 124. The van der Waals surface area contributed by atoms with Crippen LogP contribution in [0, 0.1) is 0 Å². The molecule has 1 rings (SSSR count). The summed E-state index contributed by atoms with van der Waals surface area (Å²) in [5.74, 6) is 0. The summed E-state index contributed by atoms with van der Waals surface area (Å²) < 4.78 is 22.6. The molecular weight excluding hydrogens is 153 g/mol. The number of morpholine rings is 1. The van der Waals surface area contributed by atoms with Gasteiger partial charge in [-0.2, -0.15) is 0 Å². The van der Waals surface area contributed by atoms with E-state index in [0.717, 1.165) is 13.1 Å². The van der Waals surface area contributed by atoms with Crippen molar-refractivity contribution in [2.75, 3.05) is 33.4 Å². The van der Waals surface area contributed by atoms with Gasteiger partial charge < -0.3 is 9.26 Å². The van der Waals surface area contributed by atoms with Crippen LogP contribution in [0.25, 0.3) is 0 Å². The summed E-state index contributed by atoms with van der Waals surface area (Å²) in [5, 5.41) is 0. The van der Waals surface area contributed by atoms with Gasteiger partial charge in [0.15, 0.2) is 0 Å². The standard InChI is InChI=1S/C5H12NO3P/c1-8-10(7)6-2-4-9-5-3-6/h10H,2-5H2,1H3. The fraction of sp³-hybridized carbons (Fsp3) is 1.00. The molecule has 1 fully saturated rings. The van der Waals surface area contributed by atoms with Crippen molar-refractivity contribution in [3.05, 3.63) is 0 Å².